The normalized spacial score (nSPS) is 12.0. The van der Waals surface area contributed by atoms with E-state index in [4.69, 9.17) is 21.1 Å². The smallest absolute Gasteiger partial charge is 0.264 e. The highest BCUT2D eigenvalue weighted by Gasteiger charge is 2.29. The van der Waals surface area contributed by atoms with E-state index in [0.29, 0.717) is 33.3 Å². The van der Waals surface area contributed by atoms with Gasteiger partial charge in [0.15, 0.2) is 0 Å². The van der Waals surface area contributed by atoms with Crippen LogP contribution in [0.25, 0.3) is 0 Å². The number of sulfonamides is 1. The molecule has 0 radical (unpaired) electrons. The van der Waals surface area contributed by atoms with E-state index >= 15 is 0 Å². The zero-order valence-corrected chi connectivity index (χ0v) is 21.0. The third kappa shape index (κ3) is 5.63. The number of nitrogens with zero attached hydrogens (tertiary/aromatic N) is 1. The lowest BCUT2D eigenvalue weighted by Crippen LogP contribution is -2.42. The first-order valence-corrected chi connectivity index (χ1v) is 12.3. The molecule has 3 aromatic rings. The number of anilines is 1. The lowest BCUT2D eigenvalue weighted by molar-refractivity contribution is -0.120. The molecular formula is C25H27ClN2O5S. The van der Waals surface area contributed by atoms with Gasteiger partial charge < -0.3 is 14.8 Å². The van der Waals surface area contributed by atoms with Crippen LogP contribution < -0.4 is 19.1 Å². The Morgan fingerprint density at radius 3 is 2.35 bits per heavy atom. The van der Waals surface area contributed by atoms with Crippen molar-refractivity contribution < 1.29 is 22.7 Å². The molecule has 0 aliphatic carbocycles. The number of aryl methyl sites for hydroxylation is 1. The minimum atomic E-state index is -4.02. The van der Waals surface area contributed by atoms with Gasteiger partial charge in [-0.2, -0.15) is 0 Å². The van der Waals surface area contributed by atoms with Gasteiger partial charge in [0, 0.05) is 10.6 Å². The highest BCUT2D eigenvalue weighted by molar-refractivity contribution is 7.92. The first-order chi connectivity index (χ1) is 16.2. The number of halogens is 1. The largest absolute Gasteiger partial charge is 0.497 e. The Bertz CT molecular complexity index is 1270. The quantitative estimate of drug-likeness (QED) is 0.457. The van der Waals surface area contributed by atoms with E-state index in [1.54, 1.807) is 75.6 Å². The third-order valence-electron chi connectivity index (χ3n) is 5.33. The van der Waals surface area contributed by atoms with Crippen molar-refractivity contribution in [2.75, 3.05) is 25.1 Å². The van der Waals surface area contributed by atoms with E-state index in [1.165, 1.54) is 19.2 Å². The topological polar surface area (TPSA) is 84.9 Å². The van der Waals surface area contributed by atoms with Crippen LogP contribution in [-0.4, -0.2) is 35.1 Å². The third-order valence-corrected chi connectivity index (χ3v) is 7.34. The summed E-state index contributed by atoms with van der Waals surface area (Å²) < 4.78 is 38.8. The molecule has 0 spiro atoms. The molecule has 1 atom stereocenters. The molecule has 0 aromatic heterocycles. The van der Waals surface area contributed by atoms with Gasteiger partial charge in [-0.1, -0.05) is 29.8 Å². The molecule has 180 valence electrons. The number of ether oxygens (including phenoxy) is 2. The summed E-state index contributed by atoms with van der Waals surface area (Å²) in [5.41, 5.74) is 1.70. The molecule has 7 nitrogen and oxygen atoms in total. The Kier molecular flexibility index (Phi) is 8.06. The van der Waals surface area contributed by atoms with Gasteiger partial charge in [0.2, 0.25) is 5.91 Å². The van der Waals surface area contributed by atoms with Crippen LogP contribution in [0.15, 0.2) is 71.6 Å². The molecule has 0 bridgehead atoms. The molecule has 0 unspecified atom stereocenters. The van der Waals surface area contributed by atoms with Crippen LogP contribution in [0.2, 0.25) is 5.02 Å². The second-order valence-electron chi connectivity index (χ2n) is 7.65. The number of benzene rings is 3. The minimum absolute atomic E-state index is 0.0830. The van der Waals surface area contributed by atoms with Crippen LogP contribution in [0.3, 0.4) is 0 Å². The highest BCUT2D eigenvalue weighted by Crippen LogP contribution is 2.31. The maximum atomic E-state index is 13.5. The van der Waals surface area contributed by atoms with Crippen molar-refractivity contribution in [1.82, 2.24) is 5.32 Å². The maximum absolute atomic E-state index is 13.5. The fourth-order valence-corrected chi connectivity index (χ4v) is 5.32. The summed E-state index contributed by atoms with van der Waals surface area (Å²) >= 11 is 6.08. The minimum Gasteiger partial charge on any atom is -0.497 e. The second-order valence-corrected chi connectivity index (χ2v) is 9.95. The fourth-order valence-electron chi connectivity index (χ4n) is 3.59. The summed E-state index contributed by atoms with van der Waals surface area (Å²) in [6.45, 7) is 3.12. The van der Waals surface area contributed by atoms with E-state index in [1.807, 2.05) is 0 Å². The van der Waals surface area contributed by atoms with Crippen molar-refractivity contribution in [2.24, 2.45) is 0 Å². The van der Waals surface area contributed by atoms with Gasteiger partial charge in [0.1, 0.15) is 18.0 Å². The molecule has 3 rings (SSSR count). The van der Waals surface area contributed by atoms with Crippen LogP contribution in [0.5, 0.6) is 11.5 Å². The number of carbonyl (C=O) groups excluding carboxylic acids is 1. The van der Waals surface area contributed by atoms with Gasteiger partial charge in [0.05, 0.1) is 30.8 Å². The molecule has 0 aliphatic heterocycles. The summed E-state index contributed by atoms with van der Waals surface area (Å²) in [4.78, 5) is 13.2. The molecule has 0 saturated carbocycles. The van der Waals surface area contributed by atoms with Crippen molar-refractivity contribution >= 4 is 33.2 Å². The number of rotatable bonds is 9. The number of hydrogen-bond acceptors (Lipinski definition) is 5. The Morgan fingerprint density at radius 2 is 1.74 bits per heavy atom. The average Bonchev–Trinajstić information content (AvgIpc) is 2.83. The van der Waals surface area contributed by atoms with Crippen molar-refractivity contribution in [3.63, 3.8) is 0 Å². The second kappa shape index (κ2) is 10.8. The monoisotopic (exact) mass is 502 g/mol. The number of carbonyl (C=O) groups is 1. The number of amides is 1. The molecular weight excluding hydrogens is 476 g/mol. The molecule has 9 heteroatoms. The number of nitrogens with one attached hydrogen (secondary N) is 1. The number of methoxy groups -OCH3 is 2. The lowest BCUT2D eigenvalue weighted by Gasteiger charge is -2.27. The van der Waals surface area contributed by atoms with Crippen LogP contribution in [-0.2, 0) is 14.8 Å². The molecule has 0 saturated heterocycles. The standard InChI is InChI=1S/C25H27ClN2O5S/c1-17-14-19(26)10-12-23(17)28(34(30,31)21-8-6-5-7-9-21)16-25(29)27-18(2)22-15-20(32-3)11-13-24(22)33-4/h5-15,18H,16H2,1-4H3,(H,27,29)/t18-/m1/s1. The molecule has 3 aromatic carbocycles. The van der Waals surface area contributed by atoms with E-state index in [9.17, 15) is 13.2 Å². The van der Waals surface area contributed by atoms with E-state index in [0.717, 1.165) is 4.31 Å². The molecule has 34 heavy (non-hydrogen) atoms. The van der Waals surface area contributed by atoms with Gasteiger partial charge in [-0.05, 0) is 67.9 Å². The molecule has 0 heterocycles. The summed E-state index contributed by atoms with van der Waals surface area (Å²) in [6, 6.07) is 17.7. The lowest BCUT2D eigenvalue weighted by atomic mass is 10.1. The van der Waals surface area contributed by atoms with E-state index in [2.05, 4.69) is 5.32 Å². The SMILES string of the molecule is COc1ccc(OC)c([C@@H](C)NC(=O)CN(c2ccc(Cl)cc2C)S(=O)(=O)c2ccccc2)c1. The average molecular weight is 503 g/mol. The predicted octanol–water partition coefficient (Wildman–Crippen LogP) is 4.74. The first-order valence-electron chi connectivity index (χ1n) is 10.5. The van der Waals surface area contributed by atoms with Gasteiger partial charge in [-0.25, -0.2) is 8.42 Å². The molecule has 1 amide bonds. The van der Waals surface area contributed by atoms with Crippen molar-refractivity contribution in [1.29, 1.82) is 0 Å². The molecule has 1 N–H and O–H groups in total. The molecule has 0 aliphatic rings. The summed E-state index contributed by atoms with van der Waals surface area (Å²) in [7, 11) is -0.934. The van der Waals surface area contributed by atoms with Crippen LogP contribution >= 0.6 is 11.6 Å². The summed E-state index contributed by atoms with van der Waals surface area (Å²) in [5.74, 6) is 0.712. The highest BCUT2D eigenvalue weighted by atomic mass is 35.5. The number of hydrogen-bond donors (Lipinski definition) is 1. The Balaban J connectivity index is 1.93. The van der Waals surface area contributed by atoms with E-state index < -0.39 is 28.5 Å². The zero-order valence-electron chi connectivity index (χ0n) is 19.4. The summed E-state index contributed by atoms with van der Waals surface area (Å²) in [6.07, 6.45) is 0. The summed E-state index contributed by atoms with van der Waals surface area (Å²) in [5, 5.41) is 3.34. The van der Waals surface area contributed by atoms with Crippen LogP contribution in [0, 0.1) is 6.92 Å². The van der Waals surface area contributed by atoms with Gasteiger partial charge in [0.25, 0.3) is 10.0 Å². The van der Waals surface area contributed by atoms with Crippen LogP contribution in [0.1, 0.15) is 24.1 Å². The van der Waals surface area contributed by atoms with E-state index in [-0.39, 0.29) is 4.90 Å². The molecule has 0 fully saturated rings. The van der Waals surface area contributed by atoms with Gasteiger partial charge in [-0.15, -0.1) is 0 Å². The van der Waals surface area contributed by atoms with Gasteiger partial charge in [-0.3, -0.25) is 9.10 Å². The van der Waals surface area contributed by atoms with Crippen molar-refractivity contribution in [3.05, 3.63) is 82.9 Å². The Morgan fingerprint density at radius 1 is 1.03 bits per heavy atom. The predicted molar refractivity (Wildman–Crippen MR) is 133 cm³/mol. The zero-order chi connectivity index (χ0) is 24.9. The van der Waals surface area contributed by atoms with Crippen molar-refractivity contribution in [3.8, 4) is 11.5 Å². The maximum Gasteiger partial charge on any atom is 0.264 e. The van der Waals surface area contributed by atoms with Gasteiger partial charge >= 0.3 is 0 Å². The fraction of sp³-hybridized carbons (Fsp3) is 0.240. The van der Waals surface area contributed by atoms with Crippen molar-refractivity contribution in [2.45, 2.75) is 24.8 Å². The Labute approximate surface area is 205 Å². The first kappa shape index (κ1) is 25.4. The Hall–Kier alpha value is -3.23. The van der Waals surface area contributed by atoms with Crippen LogP contribution in [0.4, 0.5) is 5.69 Å².